The second kappa shape index (κ2) is 10.2. The summed E-state index contributed by atoms with van der Waals surface area (Å²) >= 11 is 0. The molecule has 0 aliphatic heterocycles. The summed E-state index contributed by atoms with van der Waals surface area (Å²) in [5, 5.41) is 13.9. The van der Waals surface area contributed by atoms with Gasteiger partial charge in [0.15, 0.2) is 0 Å². The van der Waals surface area contributed by atoms with Crippen LogP contribution < -0.4 is 10.6 Å². The van der Waals surface area contributed by atoms with Gasteiger partial charge in [-0.3, -0.25) is 15.1 Å². The lowest BCUT2D eigenvalue weighted by Gasteiger charge is -2.12. The summed E-state index contributed by atoms with van der Waals surface area (Å²) in [5.41, 5.74) is 4.43. The molecule has 2 N–H and O–H groups in total. The molecule has 1 saturated carbocycles. The van der Waals surface area contributed by atoms with Crippen LogP contribution in [0.4, 0.5) is 16.3 Å². The highest BCUT2D eigenvalue weighted by Crippen LogP contribution is 2.29. The van der Waals surface area contributed by atoms with Crippen molar-refractivity contribution in [1.29, 1.82) is 0 Å². The number of nitrogens with zero attached hydrogens (tertiary/aromatic N) is 4. The van der Waals surface area contributed by atoms with Crippen LogP contribution in [-0.2, 0) is 9.53 Å². The van der Waals surface area contributed by atoms with E-state index in [4.69, 9.17) is 0 Å². The number of aromatic nitrogens is 4. The molecule has 1 fully saturated rings. The zero-order valence-electron chi connectivity index (χ0n) is 18.7. The number of carbonyl (C=O) groups is 2. The maximum atomic E-state index is 12.5. The minimum Gasteiger partial charge on any atom is -0.453 e. The van der Waals surface area contributed by atoms with E-state index in [9.17, 15) is 9.59 Å². The first-order valence-electron chi connectivity index (χ1n) is 10.9. The van der Waals surface area contributed by atoms with Gasteiger partial charge in [0.25, 0.3) is 0 Å². The van der Waals surface area contributed by atoms with Crippen molar-refractivity contribution >= 4 is 23.5 Å². The van der Waals surface area contributed by atoms with Gasteiger partial charge in [-0.15, -0.1) is 0 Å². The van der Waals surface area contributed by atoms with Gasteiger partial charge >= 0.3 is 6.09 Å². The molecule has 0 unspecified atom stereocenters. The highest BCUT2D eigenvalue weighted by molar-refractivity contribution is 5.91. The highest BCUT2D eigenvalue weighted by atomic mass is 16.5. The number of anilines is 2. The molecule has 0 bridgehead atoms. The van der Waals surface area contributed by atoms with Gasteiger partial charge in [0, 0.05) is 29.4 Å². The Labute approximate surface area is 192 Å². The molecule has 33 heavy (non-hydrogen) atoms. The number of hydrogen-bond donors (Lipinski definition) is 2. The molecule has 4 rings (SSSR count). The minimum absolute atomic E-state index is 0.0146. The summed E-state index contributed by atoms with van der Waals surface area (Å²) in [5.74, 6) is 0.854. The van der Waals surface area contributed by atoms with Crippen molar-refractivity contribution in [2.24, 2.45) is 5.92 Å². The van der Waals surface area contributed by atoms with Crippen LogP contribution in [-0.4, -0.2) is 39.3 Å². The molecule has 0 aromatic carbocycles. The summed E-state index contributed by atoms with van der Waals surface area (Å²) < 4.78 is 4.62. The average molecular weight is 447 g/mol. The number of rotatable bonds is 6. The Morgan fingerprint density at radius 1 is 1.06 bits per heavy atom. The molecule has 9 nitrogen and oxygen atoms in total. The molecule has 2 amide bonds. The van der Waals surface area contributed by atoms with Gasteiger partial charge < -0.3 is 10.1 Å². The number of pyridine rings is 2. The van der Waals surface area contributed by atoms with Crippen LogP contribution in [0.2, 0.25) is 0 Å². The van der Waals surface area contributed by atoms with E-state index in [0.29, 0.717) is 29.5 Å². The molecule has 9 heteroatoms. The van der Waals surface area contributed by atoms with Crippen molar-refractivity contribution in [1.82, 2.24) is 20.2 Å². The standard InChI is InChI=1S/C24H26N6O3/c1-15-20(12-19(14-26-15)28-23(31)9-16-5-3-4-6-16)21-10-18(13-27-30-21)17-7-8-25-22(11-17)29-24(32)33-2/h7-8,10-14,16H,3-6,9H2,1-2H3,(H,28,31)(H,25,29,32). The summed E-state index contributed by atoms with van der Waals surface area (Å²) in [4.78, 5) is 32.5. The van der Waals surface area contributed by atoms with Gasteiger partial charge in [-0.05, 0) is 55.5 Å². The monoisotopic (exact) mass is 446 g/mol. The number of amides is 2. The molecular formula is C24H26N6O3. The Morgan fingerprint density at radius 3 is 2.67 bits per heavy atom. The van der Waals surface area contributed by atoms with Gasteiger partial charge in [-0.25, -0.2) is 9.78 Å². The van der Waals surface area contributed by atoms with E-state index in [0.717, 1.165) is 35.2 Å². The second-order valence-electron chi connectivity index (χ2n) is 8.14. The predicted molar refractivity (Wildman–Crippen MR) is 124 cm³/mol. The Kier molecular flexibility index (Phi) is 6.87. The molecule has 3 aromatic rings. The van der Waals surface area contributed by atoms with E-state index in [1.165, 1.54) is 20.0 Å². The lowest BCUT2D eigenvalue weighted by atomic mass is 10.0. The number of nitrogens with one attached hydrogen (secondary N) is 2. The summed E-state index contributed by atoms with van der Waals surface area (Å²) in [6.45, 7) is 1.89. The quantitative estimate of drug-likeness (QED) is 0.568. The molecule has 170 valence electrons. The van der Waals surface area contributed by atoms with Crippen LogP contribution >= 0.6 is 0 Å². The maximum Gasteiger partial charge on any atom is 0.412 e. The van der Waals surface area contributed by atoms with Crippen molar-refractivity contribution in [2.75, 3.05) is 17.7 Å². The fraction of sp³-hybridized carbons (Fsp3) is 0.333. The lowest BCUT2D eigenvalue weighted by molar-refractivity contribution is -0.117. The number of hydrogen-bond acceptors (Lipinski definition) is 7. The first-order chi connectivity index (χ1) is 16.0. The molecule has 0 saturated heterocycles. The SMILES string of the molecule is COC(=O)Nc1cc(-c2cnnc(-c3cc(NC(=O)CC4CCCC4)cnc3C)c2)ccn1. The van der Waals surface area contributed by atoms with E-state index in [-0.39, 0.29) is 5.91 Å². The third kappa shape index (κ3) is 5.68. The van der Waals surface area contributed by atoms with Crippen LogP contribution in [0.15, 0.2) is 42.9 Å². The van der Waals surface area contributed by atoms with Crippen LogP contribution in [0.1, 0.15) is 37.8 Å². The van der Waals surface area contributed by atoms with Crippen LogP contribution in [0.3, 0.4) is 0 Å². The summed E-state index contributed by atoms with van der Waals surface area (Å²) in [7, 11) is 1.29. The molecule has 3 heterocycles. The van der Waals surface area contributed by atoms with Crippen LogP contribution in [0.5, 0.6) is 0 Å². The van der Waals surface area contributed by atoms with Crippen molar-refractivity contribution in [3.8, 4) is 22.4 Å². The fourth-order valence-corrected chi connectivity index (χ4v) is 4.04. The van der Waals surface area contributed by atoms with E-state index >= 15 is 0 Å². The highest BCUT2D eigenvalue weighted by Gasteiger charge is 2.19. The van der Waals surface area contributed by atoms with Crippen molar-refractivity contribution in [3.05, 3.63) is 48.5 Å². The number of methoxy groups -OCH3 is 1. The molecule has 0 spiro atoms. The van der Waals surface area contributed by atoms with Gasteiger partial charge in [-0.2, -0.15) is 10.2 Å². The Hall–Kier alpha value is -3.88. The van der Waals surface area contributed by atoms with Gasteiger partial charge in [0.2, 0.25) is 5.91 Å². The Morgan fingerprint density at radius 2 is 1.88 bits per heavy atom. The van der Waals surface area contributed by atoms with E-state index in [1.807, 2.05) is 25.1 Å². The predicted octanol–water partition coefficient (Wildman–Crippen LogP) is 4.61. The normalized spacial score (nSPS) is 13.5. The summed E-state index contributed by atoms with van der Waals surface area (Å²) in [6, 6.07) is 7.30. The zero-order chi connectivity index (χ0) is 23.2. The van der Waals surface area contributed by atoms with Crippen molar-refractivity contribution < 1.29 is 14.3 Å². The maximum absolute atomic E-state index is 12.5. The molecule has 3 aromatic heterocycles. The average Bonchev–Trinajstić information content (AvgIpc) is 3.33. The number of aryl methyl sites for hydroxylation is 1. The van der Waals surface area contributed by atoms with E-state index < -0.39 is 6.09 Å². The first-order valence-corrected chi connectivity index (χ1v) is 10.9. The number of ether oxygens (including phenoxy) is 1. The van der Waals surface area contributed by atoms with Gasteiger partial charge in [0.05, 0.1) is 30.9 Å². The smallest absolute Gasteiger partial charge is 0.412 e. The first kappa shape index (κ1) is 22.3. The Bertz CT molecular complexity index is 1160. The molecule has 0 atom stereocenters. The summed E-state index contributed by atoms with van der Waals surface area (Å²) in [6.07, 6.45) is 9.51. The van der Waals surface area contributed by atoms with Crippen molar-refractivity contribution in [2.45, 2.75) is 39.0 Å². The van der Waals surface area contributed by atoms with Crippen LogP contribution in [0.25, 0.3) is 22.4 Å². The van der Waals surface area contributed by atoms with E-state index in [1.54, 1.807) is 24.7 Å². The molecule has 0 radical (unpaired) electrons. The topological polar surface area (TPSA) is 119 Å². The van der Waals surface area contributed by atoms with E-state index in [2.05, 4.69) is 35.5 Å². The number of carbonyl (C=O) groups excluding carboxylic acids is 2. The van der Waals surface area contributed by atoms with Crippen molar-refractivity contribution in [3.63, 3.8) is 0 Å². The molecular weight excluding hydrogens is 420 g/mol. The molecule has 1 aliphatic rings. The fourth-order valence-electron chi connectivity index (χ4n) is 4.04. The van der Waals surface area contributed by atoms with Gasteiger partial charge in [-0.1, -0.05) is 12.8 Å². The third-order valence-corrected chi connectivity index (χ3v) is 5.76. The van der Waals surface area contributed by atoms with Crippen LogP contribution in [0, 0.1) is 12.8 Å². The third-order valence-electron chi connectivity index (χ3n) is 5.76. The lowest BCUT2D eigenvalue weighted by Crippen LogP contribution is -2.15. The minimum atomic E-state index is -0.596. The van der Waals surface area contributed by atoms with Gasteiger partial charge in [0.1, 0.15) is 5.82 Å². The largest absolute Gasteiger partial charge is 0.453 e. The Balaban J connectivity index is 1.55. The second-order valence-corrected chi connectivity index (χ2v) is 8.14. The molecule has 1 aliphatic carbocycles. The zero-order valence-corrected chi connectivity index (χ0v) is 18.7.